The van der Waals surface area contributed by atoms with Gasteiger partial charge in [0.1, 0.15) is 0 Å². The maximum Gasteiger partial charge on any atom is 0.220 e. The second kappa shape index (κ2) is 5.01. The van der Waals surface area contributed by atoms with Crippen LogP contribution in [-0.2, 0) is 11.2 Å². The molecule has 0 bridgehead atoms. The van der Waals surface area contributed by atoms with Crippen LogP contribution in [0.2, 0.25) is 0 Å². The Morgan fingerprint density at radius 2 is 1.94 bits per heavy atom. The average Bonchev–Trinajstić information content (AvgIpc) is 2.72. The summed E-state index contributed by atoms with van der Waals surface area (Å²) in [5.41, 5.74) is 2.49. The van der Waals surface area contributed by atoms with Crippen molar-refractivity contribution in [3.05, 3.63) is 29.8 Å². The van der Waals surface area contributed by atoms with Crippen LogP contribution in [-0.4, -0.2) is 25.5 Å². The summed E-state index contributed by atoms with van der Waals surface area (Å²) in [6, 6.07) is 8.60. The molecule has 1 aliphatic heterocycles. The van der Waals surface area contributed by atoms with Gasteiger partial charge in [-0.2, -0.15) is 0 Å². The number of nitrogens with zero attached hydrogens (tertiary/aromatic N) is 1. The van der Waals surface area contributed by atoms with Crippen molar-refractivity contribution >= 4 is 11.6 Å². The van der Waals surface area contributed by atoms with Crippen LogP contribution in [0.4, 0.5) is 5.69 Å². The van der Waals surface area contributed by atoms with Crippen molar-refractivity contribution in [3.63, 3.8) is 0 Å². The zero-order valence-electron chi connectivity index (χ0n) is 11.5. The molecule has 18 heavy (non-hydrogen) atoms. The van der Waals surface area contributed by atoms with Crippen LogP contribution in [0.1, 0.15) is 31.7 Å². The predicted molar refractivity (Wildman–Crippen MR) is 74.9 cm³/mol. The molecule has 0 saturated carbocycles. The Morgan fingerprint density at radius 3 is 2.39 bits per heavy atom. The van der Waals surface area contributed by atoms with Gasteiger partial charge >= 0.3 is 0 Å². The maximum absolute atomic E-state index is 11.4. The lowest BCUT2D eigenvalue weighted by Crippen LogP contribution is -2.42. The summed E-state index contributed by atoms with van der Waals surface area (Å²) in [5.74, 6) is 0.196. The normalized spacial score (nSPS) is 22.9. The highest BCUT2D eigenvalue weighted by molar-refractivity contribution is 5.79. The zero-order valence-corrected chi connectivity index (χ0v) is 11.5. The van der Waals surface area contributed by atoms with E-state index in [0.29, 0.717) is 6.42 Å². The van der Waals surface area contributed by atoms with Crippen LogP contribution in [0.25, 0.3) is 0 Å². The third kappa shape index (κ3) is 2.66. The molecular weight excluding hydrogens is 224 g/mol. The second-order valence-corrected chi connectivity index (χ2v) is 5.42. The third-order valence-electron chi connectivity index (χ3n) is 3.91. The maximum atomic E-state index is 11.4. The molecule has 3 nitrogen and oxygen atoms in total. The summed E-state index contributed by atoms with van der Waals surface area (Å²) in [5, 5.41) is 3.15. The zero-order chi connectivity index (χ0) is 13.2. The molecular formula is C15H22N2O. The molecule has 1 aromatic rings. The van der Waals surface area contributed by atoms with Gasteiger partial charge in [0.2, 0.25) is 5.91 Å². The molecule has 98 valence electrons. The number of anilines is 1. The standard InChI is InChI=1S/C15H22N2O/c1-4-15(10-9-14(18)16-15)11-12-5-7-13(8-6-12)17(2)3/h5-8H,4,9-11H2,1-3H3,(H,16,18). The fourth-order valence-corrected chi connectivity index (χ4v) is 2.60. The molecule has 0 spiro atoms. The number of hydrogen-bond donors (Lipinski definition) is 1. The lowest BCUT2D eigenvalue weighted by molar-refractivity contribution is -0.119. The van der Waals surface area contributed by atoms with E-state index in [1.807, 2.05) is 14.1 Å². The fraction of sp³-hybridized carbons (Fsp3) is 0.533. The Balaban J connectivity index is 2.10. The summed E-state index contributed by atoms with van der Waals surface area (Å²) >= 11 is 0. The molecule has 0 radical (unpaired) electrons. The number of amides is 1. The van der Waals surface area contributed by atoms with Crippen LogP contribution in [0.3, 0.4) is 0 Å². The van der Waals surface area contributed by atoms with E-state index in [2.05, 4.69) is 41.4 Å². The first-order chi connectivity index (χ1) is 8.54. The average molecular weight is 246 g/mol. The Kier molecular flexibility index (Phi) is 3.60. The number of nitrogens with one attached hydrogen (secondary N) is 1. The Morgan fingerprint density at radius 1 is 1.28 bits per heavy atom. The van der Waals surface area contributed by atoms with Crippen molar-refractivity contribution in [2.24, 2.45) is 0 Å². The Bertz CT molecular complexity index is 425. The second-order valence-electron chi connectivity index (χ2n) is 5.42. The minimum absolute atomic E-state index is 0.0171. The minimum Gasteiger partial charge on any atom is -0.378 e. The van der Waals surface area contributed by atoms with Gasteiger partial charge in [0.05, 0.1) is 0 Å². The quantitative estimate of drug-likeness (QED) is 0.884. The van der Waals surface area contributed by atoms with Crippen LogP contribution >= 0.6 is 0 Å². The van der Waals surface area contributed by atoms with E-state index in [-0.39, 0.29) is 11.4 Å². The van der Waals surface area contributed by atoms with Crippen LogP contribution in [0, 0.1) is 0 Å². The molecule has 1 atom stereocenters. The lowest BCUT2D eigenvalue weighted by atomic mass is 9.87. The van der Waals surface area contributed by atoms with E-state index in [0.717, 1.165) is 19.3 Å². The van der Waals surface area contributed by atoms with E-state index in [1.54, 1.807) is 0 Å². The fourth-order valence-electron chi connectivity index (χ4n) is 2.60. The summed E-state index contributed by atoms with van der Waals surface area (Å²) < 4.78 is 0. The highest BCUT2D eigenvalue weighted by Crippen LogP contribution is 2.28. The molecule has 3 heteroatoms. The van der Waals surface area contributed by atoms with Gasteiger partial charge < -0.3 is 10.2 Å². The number of benzene rings is 1. The summed E-state index contributed by atoms with van der Waals surface area (Å²) in [6.45, 7) is 2.15. The van der Waals surface area contributed by atoms with E-state index in [4.69, 9.17) is 0 Å². The van der Waals surface area contributed by atoms with E-state index in [1.165, 1.54) is 11.3 Å². The van der Waals surface area contributed by atoms with Gasteiger partial charge in [-0.05, 0) is 37.0 Å². The highest BCUT2D eigenvalue weighted by atomic mass is 16.2. The molecule has 1 aliphatic rings. The molecule has 1 amide bonds. The highest BCUT2D eigenvalue weighted by Gasteiger charge is 2.35. The van der Waals surface area contributed by atoms with Gasteiger partial charge in [0, 0.05) is 31.7 Å². The molecule has 1 unspecified atom stereocenters. The monoisotopic (exact) mass is 246 g/mol. The van der Waals surface area contributed by atoms with Gasteiger partial charge in [0.25, 0.3) is 0 Å². The van der Waals surface area contributed by atoms with Crippen LogP contribution in [0.15, 0.2) is 24.3 Å². The van der Waals surface area contributed by atoms with E-state index < -0.39 is 0 Å². The SMILES string of the molecule is CCC1(Cc2ccc(N(C)C)cc2)CCC(=O)N1. The molecule has 1 N–H and O–H groups in total. The van der Waals surface area contributed by atoms with Crippen molar-refractivity contribution in [1.29, 1.82) is 0 Å². The van der Waals surface area contributed by atoms with Crippen LogP contribution < -0.4 is 10.2 Å². The predicted octanol–water partition coefficient (Wildman–Crippen LogP) is 2.35. The van der Waals surface area contributed by atoms with Crippen molar-refractivity contribution in [1.82, 2.24) is 5.32 Å². The molecule has 1 fully saturated rings. The molecule has 0 aromatic heterocycles. The molecule has 1 heterocycles. The van der Waals surface area contributed by atoms with E-state index in [9.17, 15) is 4.79 Å². The summed E-state index contributed by atoms with van der Waals surface area (Å²) in [7, 11) is 4.08. The number of rotatable bonds is 4. The number of carbonyl (C=O) groups excluding carboxylic acids is 1. The number of carbonyl (C=O) groups is 1. The first-order valence-corrected chi connectivity index (χ1v) is 6.62. The third-order valence-corrected chi connectivity index (χ3v) is 3.91. The summed E-state index contributed by atoms with van der Waals surface area (Å²) in [4.78, 5) is 13.5. The molecule has 2 rings (SSSR count). The van der Waals surface area contributed by atoms with Crippen molar-refractivity contribution in [3.8, 4) is 0 Å². The number of hydrogen-bond acceptors (Lipinski definition) is 2. The van der Waals surface area contributed by atoms with E-state index >= 15 is 0 Å². The van der Waals surface area contributed by atoms with Gasteiger partial charge in [-0.25, -0.2) is 0 Å². The van der Waals surface area contributed by atoms with Crippen LogP contribution in [0.5, 0.6) is 0 Å². The summed E-state index contributed by atoms with van der Waals surface area (Å²) in [6.07, 6.45) is 3.55. The Hall–Kier alpha value is -1.51. The first kappa shape index (κ1) is 12.9. The molecule has 1 aromatic carbocycles. The van der Waals surface area contributed by atoms with Crippen molar-refractivity contribution < 1.29 is 4.79 Å². The molecule has 0 aliphatic carbocycles. The Labute approximate surface area is 109 Å². The van der Waals surface area contributed by atoms with Crippen molar-refractivity contribution in [2.75, 3.05) is 19.0 Å². The van der Waals surface area contributed by atoms with Gasteiger partial charge in [-0.1, -0.05) is 19.1 Å². The largest absolute Gasteiger partial charge is 0.378 e. The topological polar surface area (TPSA) is 32.3 Å². The van der Waals surface area contributed by atoms with Gasteiger partial charge in [-0.15, -0.1) is 0 Å². The lowest BCUT2D eigenvalue weighted by Gasteiger charge is -2.28. The first-order valence-electron chi connectivity index (χ1n) is 6.62. The van der Waals surface area contributed by atoms with Gasteiger partial charge in [0.15, 0.2) is 0 Å². The van der Waals surface area contributed by atoms with Crippen molar-refractivity contribution in [2.45, 2.75) is 38.1 Å². The minimum atomic E-state index is -0.0171. The molecule has 1 saturated heterocycles. The smallest absolute Gasteiger partial charge is 0.220 e. The van der Waals surface area contributed by atoms with Gasteiger partial charge in [-0.3, -0.25) is 4.79 Å².